The van der Waals surface area contributed by atoms with Gasteiger partial charge in [0.15, 0.2) is 0 Å². The van der Waals surface area contributed by atoms with Crippen molar-refractivity contribution in [1.29, 1.82) is 0 Å². The van der Waals surface area contributed by atoms with Gasteiger partial charge in [-0.1, -0.05) is 35.9 Å². The Hall–Kier alpha value is -2.48. The Morgan fingerprint density at radius 1 is 1.10 bits per heavy atom. The van der Waals surface area contributed by atoms with Gasteiger partial charge in [0.1, 0.15) is 18.1 Å². The Morgan fingerprint density at radius 2 is 1.90 bits per heavy atom. The molecular formula is C22H23ClN4O2S. The molecule has 0 radical (unpaired) electrons. The van der Waals surface area contributed by atoms with Crippen LogP contribution < -0.4 is 4.74 Å². The number of halogens is 1. The summed E-state index contributed by atoms with van der Waals surface area (Å²) < 4.78 is 14.2. The second kappa shape index (κ2) is 9.55. The van der Waals surface area contributed by atoms with E-state index in [9.17, 15) is 4.79 Å². The summed E-state index contributed by atoms with van der Waals surface area (Å²) in [6, 6.07) is 15.2. The van der Waals surface area contributed by atoms with Gasteiger partial charge in [-0.25, -0.2) is 0 Å². The summed E-state index contributed by atoms with van der Waals surface area (Å²) >= 11 is 7.45. The van der Waals surface area contributed by atoms with E-state index >= 15 is 0 Å². The third-order valence-electron chi connectivity index (χ3n) is 5.21. The molecular weight excluding hydrogens is 420 g/mol. The summed E-state index contributed by atoms with van der Waals surface area (Å²) in [5, 5.41) is 0.788. The van der Waals surface area contributed by atoms with Crippen molar-refractivity contribution in [2.45, 2.75) is 20.1 Å². The maximum absolute atomic E-state index is 13.0. The predicted molar refractivity (Wildman–Crippen MR) is 118 cm³/mol. The van der Waals surface area contributed by atoms with E-state index in [0.717, 1.165) is 41.6 Å². The van der Waals surface area contributed by atoms with E-state index in [1.807, 2.05) is 48.2 Å². The monoisotopic (exact) mass is 442 g/mol. The lowest BCUT2D eigenvalue weighted by Gasteiger charge is -2.35. The summed E-state index contributed by atoms with van der Waals surface area (Å²) in [6.07, 6.45) is 0. The van der Waals surface area contributed by atoms with Gasteiger partial charge in [0.05, 0.1) is 17.4 Å². The molecule has 2 aromatic carbocycles. The van der Waals surface area contributed by atoms with Crippen molar-refractivity contribution >= 4 is 29.2 Å². The number of nitrogens with zero attached hydrogens (tertiary/aromatic N) is 4. The third kappa shape index (κ3) is 4.98. The number of aromatic nitrogens is 2. The van der Waals surface area contributed by atoms with Crippen molar-refractivity contribution in [3.8, 4) is 5.75 Å². The highest BCUT2D eigenvalue weighted by Gasteiger charge is 2.23. The number of rotatable bonds is 6. The molecule has 1 fully saturated rings. The highest BCUT2D eigenvalue weighted by atomic mass is 35.5. The Morgan fingerprint density at radius 3 is 2.63 bits per heavy atom. The van der Waals surface area contributed by atoms with E-state index in [1.165, 1.54) is 11.7 Å². The number of piperazine rings is 1. The van der Waals surface area contributed by atoms with E-state index in [2.05, 4.69) is 19.7 Å². The summed E-state index contributed by atoms with van der Waals surface area (Å²) in [7, 11) is 0. The summed E-state index contributed by atoms with van der Waals surface area (Å²) in [4.78, 5) is 17.2. The molecule has 156 valence electrons. The first-order chi connectivity index (χ1) is 14.6. The van der Waals surface area contributed by atoms with E-state index in [4.69, 9.17) is 16.3 Å². The Labute approximate surface area is 185 Å². The van der Waals surface area contributed by atoms with Crippen LogP contribution in [0.5, 0.6) is 5.75 Å². The van der Waals surface area contributed by atoms with Crippen molar-refractivity contribution in [3.05, 3.63) is 76.1 Å². The van der Waals surface area contributed by atoms with E-state index in [0.29, 0.717) is 31.0 Å². The molecule has 1 aliphatic rings. The normalized spacial score (nSPS) is 14.7. The first-order valence-electron chi connectivity index (χ1n) is 9.86. The highest BCUT2D eigenvalue weighted by Crippen LogP contribution is 2.20. The second-order valence-corrected chi connectivity index (χ2v) is 8.21. The van der Waals surface area contributed by atoms with Crippen molar-refractivity contribution in [2.75, 3.05) is 26.2 Å². The van der Waals surface area contributed by atoms with Crippen LogP contribution in [0.25, 0.3) is 0 Å². The largest absolute Gasteiger partial charge is 0.487 e. The molecule has 0 N–H and O–H groups in total. The van der Waals surface area contributed by atoms with Crippen LogP contribution in [0.15, 0.2) is 48.5 Å². The summed E-state index contributed by atoms with van der Waals surface area (Å²) in [6.45, 7) is 6.09. The van der Waals surface area contributed by atoms with Crippen molar-refractivity contribution < 1.29 is 9.53 Å². The number of hydrogen-bond acceptors (Lipinski definition) is 6. The quantitative estimate of drug-likeness (QED) is 0.576. The zero-order valence-electron chi connectivity index (χ0n) is 16.8. The molecule has 3 aromatic rings. The van der Waals surface area contributed by atoms with Crippen LogP contribution in [0.2, 0.25) is 5.02 Å². The van der Waals surface area contributed by atoms with Crippen LogP contribution >= 0.6 is 23.3 Å². The molecule has 0 aliphatic carbocycles. The number of carbonyl (C=O) groups is 1. The zero-order chi connectivity index (χ0) is 20.9. The molecule has 1 aromatic heterocycles. The molecule has 0 unspecified atom stereocenters. The van der Waals surface area contributed by atoms with Gasteiger partial charge in [0.25, 0.3) is 5.91 Å². The maximum Gasteiger partial charge on any atom is 0.254 e. The average molecular weight is 443 g/mol. The van der Waals surface area contributed by atoms with Gasteiger partial charge in [-0.05, 0) is 36.8 Å². The van der Waals surface area contributed by atoms with E-state index in [1.54, 1.807) is 6.07 Å². The standard InChI is InChI=1S/C22H23ClN4O2S/c1-16-21(25-30-24-16)15-29-19-7-4-6-17(13-19)22(28)27-11-9-26(10-12-27)14-18-5-2-3-8-20(18)23/h2-8,13H,9-12,14-15H2,1H3. The van der Waals surface area contributed by atoms with E-state index < -0.39 is 0 Å². The van der Waals surface area contributed by atoms with Crippen LogP contribution in [0.3, 0.4) is 0 Å². The lowest BCUT2D eigenvalue weighted by molar-refractivity contribution is 0.0628. The van der Waals surface area contributed by atoms with Crippen LogP contribution in [0.4, 0.5) is 0 Å². The minimum absolute atomic E-state index is 0.0318. The fourth-order valence-corrected chi connectivity index (χ4v) is 4.16. The molecule has 0 bridgehead atoms. The molecule has 0 saturated carbocycles. The molecule has 1 aliphatic heterocycles. The SMILES string of the molecule is Cc1nsnc1COc1cccc(C(=O)N2CCN(Cc3ccccc3Cl)CC2)c1. The number of benzene rings is 2. The maximum atomic E-state index is 13.0. The van der Waals surface area contributed by atoms with Gasteiger partial charge in [-0.3, -0.25) is 9.69 Å². The number of hydrogen-bond donors (Lipinski definition) is 0. The van der Waals surface area contributed by atoms with Crippen molar-refractivity contribution in [2.24, 2.45) is 0 Å². The summed E-state index contributed by atoms with van der Waals surface area (Å²) in [5.74, 6) is 0.690. The second-order valence-electron chi connectivity index (χ2n) is 7.27. The molecule has 1 saturated heterocycles. The van der Waals surface area contributed by atoms with Crippen LogP contribution in [-0.4, -0.2) is 50.6 Å². The Balaban J connectivity index is 1.33. The smallest absolute Gasteiger partial charge is 0.254 e. The number of carbonyl (C=O) groups excluding carboxylic acids is 1. The fourth-order valence-electron chi connectivity index (χ4n) is 3.41. The molecule has 1 amide bonds. The minimum atomic E-state index is 0.0318. The number of amides is 1. The number of aryl methyl sites for hydroxylation is 1. The highest BCUT2D eigenvalue weighted by molar-refractivity contribution is 6.99. The van der Waals surface area contributed by atoms with Gasteiger partial charge in [0.2, 0.25) is 0 Å². The molecule has 8 heteroatoms. The fraction of sp³-hybridized carbons (Fsp3) is 0.318. The topological polar surface area (TPSA) is 58.6 Å². The lowest BCUT2D eigenvalue weighted by Crippen LogP contribution is -2.48. The van der Waals surface area contributed by atoms with Gasteiger partial charge in [-0.2, -0.15) is 8.75 Å². The van der Waals surface area contributed by atoms with Crippen LogP contribution in [-0.2, 0) is 13.2 Å². The van der Waals surface area contributed by atoms with Gasteiger partial charge in [-0.15, -0.1) is 0 Å². The van der Waals surface area contributed by atoms with E-state index in [-0.39, 0.29) is 5.91 Å². The molecule has 4 rings (SSSR count). The lowest BCUT2D eigenvalue weighted by atomic mass is 10.1. The first-order valence-corrected chi connectivity index (χ1v) is 11.0. The van der Waals surface area contributed by atoms with Gasteiger partial charge < -0.3 is 9.64 Å². The van der Waals surface area contributed by atoms with Gasteiger partial charge in [0, 0.05) is 43.3 Å². The molecule has 30 heavy (non-hydrogen) atoms. The Kier molecular flexibility index (Phi) is 6.62. The van der Waals surface area contributed by atoms with Crippen LogP contribution in [0.1, 0.15) is 27.3 Å². The predicted octanol–water partition coefficient (Wildman–Crippen LogP) is 4.04. The summed E-state index contributed by atoms with van der Waals surface area (Å²) in [5.41, 5.74) is 3.46. The molecule has 6 nitrogen and oxygen atoms in total. The average Bonchev–Trinajstić information content (AvgIpc) is 3.19. The van der Waals surface area contributed by atoms with Crippen LogP contribution in [0, 0.1) is 6.92 Å². The third-order valence-corrected chi connectivity index (χ3v) is 6.24. The number of ether oxygens (including phenoxy) is 1. The molecule has 0 spiro atoms. The molecule has 0 atom stereocenters. The first kappa shape index (κ1) is 20.8. The Bertz CT molecular complexity index is 1020. The minimum Gasteiger partial charge on any atom is -0.487 e. The van der Waals surface area contributed by atoms with Crippen molar-refractivity contribution in [1.82, 2.24) is 18.5 Å². The molecule has 2 heterocycles. The zero-order valence-corrected chi connectivity index (χ0v) is 18.3. The van der Waals surface area contributed by atoms with Crippen molar-refractivity contribution in [3.63, 3.8) is 0 Å². The van der Waals surface area contributed by atoms with Gasteiger partial charge >= 0.3 is 0 Å².